The molecule has 1 aromatic heterocycles. The number of pyridine rings is 1. The van der Waals surface area contributed by atoms with Gasteiger partial charge in [0.1, 0.15) is 0 Å². The first kappa shape index (κ1) is 21.3. The van der Waals surface area contributed by atoms with Crippen LogP contribution in [0.1, 0.15) is 44.7 Å². The van der Waals surface area contributed by atoms with E-state index in [4.69, 9.17) is 4.99 Å². The van der Waals surface area contributed by atoms with Gasteiger partial charge in [-0.25, -0.2) is 4.99 Å². The molecule has 6 heteroatoms. The lowest BCUT2D eigenvalue weighted by Crippen LogP contribution is -2.45. The van der Waals surface area contributed by atoms with E-state index >= 15 is 0 Å². The molecule has 1 aromatic carbocycles. The molecule has 1 unspecified atom stereocenters. The Morgan fingerprint density at radius 1 is 1.18 bits per heavy atom. The van der Waals surface area contributed by atoms with Gasteiger partial charge < -0.3 is 10.6 Å². The molecular formula is C22H32IN5. The summed E-state index contributed by atoms with van der Waals surface area (Å²) in [6, 6.07) is 11.8. The zero-order valence-electron chi connectivity index (χ0n) is 16.7. The van der Waals surface area contributed by atoms with Gasteiger partial charge in [-0.2, -0.15) is 0 Å². The lowest BCUT2D eigenvalue weighted by molar-refractivity contribution is 0.242. The quantitative estimate of drug-likeness (QED) is 0.377. The van der Waals surface area contributed by atoms with E-state index in [1.165, 1.54) is 49.4 Å². The van der Waals surface area contributed by atoms with Crippen LogP contribution >= 0.6 is 24.0 Å². The molecule has 28 heavy (non-hydrogen) atoms. The zero-order chi connectivity index (χ0) is 18.5. The Kier molecular flexibility index (Phi) is 7.91. The predicted octanol–water partition coefficient (Wildman–Crippen LogP) is 3.92. The number of benzene rings is 1. The van der Waals surface area contributed by atoms with Gasteiger partial charge in [-0.3, -0.25) is 9.88 Å². The second-order valence-corrected chi connectivity index (χ2v) is 7.74. The van der Waals surface area contributed by atoms with Gasteiger partial charge in [0.2, 0.25) is 0 Å². The molecule has 152 valence electrons. The molecule has 0 radical (unpaired) electrons. The summed E-state index contributed by atoms with van der Waals surface area (Å²) in [6.45, 7) is 5.94. The molecule has 0 amide bonds. The largest absolute Gasteiger partial charge is 0.357 e. The molecule has 0 spiro atoms. The summed E-state index contributed by atoms with van der Waals surface area (Å²) >= 11 is 0. The SMILES string of the molecule is CCNC(=NCc1nccc2ccccc12)NC1CCN(C2CCCC2)C1.I. The van der Waals surface area contributed by atoms with Gasteiger partial charge in [0.05, 0.1) is 12.2 Å². The van der Waals surface area contributed by atoms with Crippen LogP contribution in [0.3, 0.4) is 0 Å². The summed E-state index contributed by atoms with van der Waals surface area (Å²) in [6.07, 6.45) is 8.65. The first-order valence-electron chi connectivity index (χ1n) is 10.4. The molecular weight excluding hydrogens is 461 g/mol. The molecule has 2 aliphatic rings. The summed E-state index contributed by atoms with van der Waals surface area (Å²) < 4.78 is 0. The van der Waals surface area contributed by atoms with Gasteiger partial charge in [-0.05, 0) is 37.6 Å². The average Bonchev–Trinajstić information content (AvgIpc) is 3.38. The van der Waals surface area contributed by atoms with Gasteiger partial charge in [-0.15, -0.1) is 24.0 Å². The first-order valence-corrected chi connectivity index (χ1v) is 10.4. The third-order valence-electron chi connectivity index (χ3n) is 5.89. The normalized spacial score (nSPS) is 21.0. The minimum Gasteiger partial charge on any atom is -0.357 e. The van der Waals surface area contributed by atoms with Crippen molar-refractivity contribution < 1.29 is 0 Å². The molecule has 1 aliphatic carbocycles. The second-order valence-electron chi connectivity index (χ2n) is 7.74. The van der Waals surface area contributed by atoms with Crippen molar-refractivity contribution in [1.29, 1.82) is 0 Å². The number of halogens is 1. The Hall–Kier alpha value is -1.41. The maximum Gasteiger partial charge on any atom is 0.191 e. The van der Waals surface area contributed by atoms with Crippen LogP contribution < -0.4 is 10.6 Å². The van der Waals surface area contributed by atoms with Crippen LogP contribution in [-0.2, 0) is 6.54 Å². The highest BCUT2D eigenvalue weighted by atomic mass is 127. The van der Waals surface area contributed by atoms with Crippen LogP contribution in [0.15, 0.2) is 41.5 Å². The van der Waals surface area contributed by atoms with E-state index in [0.717, 1.165) is 30.8 Å². The number of guanidine groups is 1. The summed E-state index contributed by atoms with van der Waals surface area (Å²) in [5, 5.41) is 9.47. The number of hydrogen-bond donors (Lipinski definition) is 2. The Labute approximate surface area is 185 Å². The van der Waals surface area contributed by atoms with E-state index in [1.807, 2.05) is 6.20 Å². The van der Waals surface area contributed by atoms with Gasteiger partial charge >= 0.3 is 0 Å². The van der Waals surface area contributed by atoms with Crippen molar-refractivity contribution >= 4 is 40.7 Å². The smallest absolute Gasteiger partial charge is 0.191 e. The van der Waals surface area contributed by atoms with Crippen LogP contribution in [0.4, 0.5) is 0 Å². The number of nitrogens with zero attached hydrogens (tertiary/aromatic N) is 3. The Morgan fingerprint density at radius 2 is 2.00 bits per heavy atom. The van der Waals surface area contributed by atoms with Crippen molar-refractivity contribution in [2.24, 2.45) is 4.99 Å². The highest BCUT2D eigenvalue weighted by Crippen LogP contribution is 2.26. The van der Waals surface area contributed by atoms with Crippen molar-refractivity contribution in [2.75, 3.05) is 19.6 Å². The molecule has 2 heterocycles. The van der Waals surface area contributed by atoms with Crippen LogP contribution in [0.25, 0.3) is 10.8 Å². The fraction of sp³-hybridized carbons (Fsp3) is 0.545. The van der Waals surface area contributed by atoms with E-state index in [-0.39, 0.29) is 24.0 Å². The highest BCUT2D eigenvalue weighted by Gasteiger charge is 2.30. The highest BCUT2D eigenvalue weighted by molar-refractivity contribution is 14.0. The molecule has 5 nitrogen and oxygen atoms in total. The number of rotatable bonds is 5. The van der Waals surface area contributed by atoms with Crippen molar-refractivity contribution in [3.63, 3.8) is 0 Å². The molecule has 1 saturated heterocycles. The summed E-state index contributed by atoms with van der Waals surface area (Å²) in [5.41, 5.74) is 1.03. The molecule has 2 aromatic rings. The average molecular weight is 493 g/mol. The van der Waals surface area contributed by atoms with E-state index in [1.54, 1.807) is 0 Å². The van der Waals surface area contributed by atoms with Crippen LogP contribution in [-0.4, -0.2) is 47.6 Å². The molecule has 4 rings (SSSR count). The summed E-state index contributed by atoms with van der Waals surface area (Å²) in [4.78, 5) is 12.1. The minimum absolute atomic E-state index is 0. The molecule has 1 atom stereocenters. The van der Waals surface area contributed by atoms with E-state index < -0.39 is 0 Å². The lowest BCUT2D eigenvalue weighted by atomic mass is 10.1. The topological polar surface area (TPSA) is 52.6 Å². The van der Waals surface area contributed by atoms with Crippen LogP contribution in [0.5, 0.6) is 0 Å². The number of aromatic nitrogens is 1. The predicted molar refractivity (Wildman–Crippen MR) is 127 cm³/mol. The monoisotopic (exact) mass is 493 g/mol. The van der Waals surface area contributed by atoms with E-state index in [9.17, 15) is 0 Å². The van der Waals surface area contributed by atoms with Crippen molar-refractivity contribution in [1.82, 2.24) is 20.5 Å². The fourth-order valence-corrected chi connectivity index (χ4v) is 4.48. The number of fused-ring (bicyclic) bond motifs is 1. The third kappa shape index (κ3) is 5.14. The van der Waals surface area contributed by atoms with Gasteiger partial charge in [0, 0.05) is 43.3 Å². The van der Waals surface area contributed by atoms with Crippen molar-refractivity contribution in [2.45, 2.75) is 57.7 Å². The molecule has 1 saturated carbocycles. The Bertz CT molecular complexity index is 782. The van der Waals surface area contributed by atoms with Crippen LogP contribution in [0, 0.1) is 0 Å². The van der Waals surface area contributed by atoms with E-state index in [0.29, 0.717) is 12.6 Å². The number of nitrogens with one attached hydrogen (secondary N) is 2. The third-order valence-corrected chi connectivity index (χ3v) is 5.89. The number of likely N-dealkylation sites (tertiary alicyclic amines) is 1. The standard InChI is InChI=1S/C22H31N5.HI/c1-2-23-22(26-18-12-14-27(16-18)19-8-4-5-9-19)25-15-21-20-10-6-3-7-17(20)11-13-24-21;/h3,6-7,10-11,13,18-19H,2,4-5,8-9,12,14-16H2,1H3,(H2,23,25,26);1H. The van der Waals surface area contributed by atoms with Gasteiger partial charge in [-0.1, -0.05) is 37.1 Å². The lowest BCUT2D eigenvalue weighted by Gasteiger charge is -2.24. The maximum absolute atomic E-state index is 4.83. The van der Waals surface area contributed by atoms with Gasteiger partial charge in [0.15, 0.2) is 5.96 Å². The summed E-state index contributed by atoms with van der Waals surface area (Å²) in [7, 11) is 0. The molecule has 2 fully saturated rings. The Balaban J connectivity index is 0.00000225. The minimum atomic E-state index is 0. The van der Waals surface area contributed by atoms with Crippen molar-refractivity contribution in [3.05, 3.63) is 42.2 Å². The number of hydrogen-bond acceptors (Lipinski definition) is 3. The molecule has 1 aliphatic heterocycles. The molecule has 2 N–H and O–H groups in total. The zero-order valence-corrected chi connectivity index (χ0v) is 19.1. The fourth-order valence-electron chi connectivity index (χ4n) is 4.48. The summed E-state index contributed by atoms with van der Waals surface area (Å²) in [5.74, 6) is 0.908. The number of aliphatic imine (C=N–C) groups is 1. The van der Waals surface area contributed by atoms with E-state index in [2.05, 4.69) is 57.8 Å². The maximum atomic E-state index is 4.83. The van der Waals surface area contributed by atoms with Gasteiger partial charge in [0.25, 0.3) is 0 Å². The van der Waals surface area contributed by atoms with Crippen LogP contribution in [0.2, 0.25) is 0 Å². The molecule has 0 bridgehead atoms. The first-order chi connectivity index (χ1) is 13.3. The second kappa shape index (κ2) is 10.4. The van der Waals surface area contributed by atoms with Crippen molar-refractivity contribution in [3.8, 4) is 0 Å². The Morgan fingerprint density at radius 3 is 2.82 bits per heavy atom.